The first-order valence-electron chi connectivity index (χ1n) is 10.1. The average Bonchev–Trinajstić information content (AvgIpc) is 3.18. The van der Waals surface area contributed by atoms with Crippen molar-refractivity contribution in [2.45, 2.75) is 13.3 Å². The monoisotopic (exact) mass is 533 g/mol. The van der Waals surface area contributed by atoms with Crippen molar-refractivity contribution in [3.8, 4) is 11.5 Å². The number of carbonyl (C=O) groups is 1. The molecule has 33 heavy (non-hydrogen) atoms. The van der Waals surface area contributed by atoms with Gasteiger partial charge in [0.2, 0.25) is 11.0 Å². The van der Waals surface area contributed by atoms with Crippen LogP contribution in [-0.4, -0.2) is 48.7 Å². The fourth-order valence-corrected chi connectivity index (χ4v) is 3.66. The molecule has 0 bridgehead atoms. The second kappa shape index (κ2) is 12.9. The molecule has 0 aliphatic carbocycles. The fraction of sp³-hybridized carbons (Fsp3) is 0.273. The second-order valence-electron chi connectivity index (χ2n) is 6.81. The summed E-state index contributed by atoms with van der Waals surface area (Å²) in [5, 5.41) is 12.3. The Labute approximate surface area is 204 Å². The minimum Gasteiger partial charge on any atom is -0.491 e. The summed E-state index contributed by atoms with van der Waals surface area (Å²) in [7, 11) is 0. The molecule has 0 fully saturated rings. The molecule has 2 aromatic carbocycles. The van der Waals surface area contributed by atoms with E-state index in [0.29, 0.717) is 47.9 Å². The summed E-state index contributed by atoms with van der Waals surface area (Å²) in [4.78, 5) is 12.0. The van der Waals surface area contributed by atoms with Crippen LogP contribution < -0.4 is 20.6 Å². The summed E-state index contributed by atoms with van der Waals surface area (Å²) in [6, 6.07) is 13.4. The maximum Gasteiger partial charge on any atom is 0.247 e. The van der Waals surface area contributed by atoms with Gasteiger partial charge in [-0.25, -0.2) is 5.43 Å². The van der Waals surface area contributed by atoms with Crippen molar-refractivity contribution in [2.75, 3.05) is 32.2 Å². The van der Waals surface area contributed by atoms with Gasteiger partial charge in [-0.1, -0.05) is 39.4 Å². The average molecular weight is 534 g/mol. The maximum absolute atomic E-state index is 12.0. The van der Waals surface area contributed by atoms with Crippen LogP contribution in [0.2, 0.25) is 0 Å². The number of nitrogen functional groups attached to an aromatic ring is 1. The number of aromatic nitrogens is 2. The number of halogens is 1. The molecule has 0 unspecified atom stereocenters. The van der Waals surface area contributed by atoms with Crippen LogP contribution in [0.15, 0.2) is 52.0 Å². The van der Waals surface area contributed by atoms with Gasteiger partial charge in [-0.15, -0.1) is 10.2 Å². The fourth-order valence-electron chi connectivity index (χ4n) is 2.68. The van der Waals surface area contributed by atoms with Crippen molar-refractivity contribution in [1.82, 2.24) is 15.6 Å². The lowest BCUT2D eigenvalue weighted by Crippen LogP contribution is -2.19. The number of amides is 1. The van der Waals surface area contributed by atoms with E-state index < -0.39 is 0 Å². The van der Waals surface area contributed by atoms with Crippen LogP contribution in [-0.2, 0) is 16.0 Å². The highest BCUT2D eigenvalue weighted by molar-refractivity contribution is 9.10. The number of anilines is 1. The normalized spacial score (nSPS) is 11.0. The van der Waals surface area contributed by atoms with E-state index in [0.717, 1.165) is 27.1 Å². The number of rotatable bonds is 12. The Morgan fingerprint density at radius 1 is 1.15 bits per heavy atom. The standard InChI is InChI=1S/C22H24BrN5O4S/c1-15-3-2-4-18(11-15)31-9-7-30-8-10-32-19-6-5-17(23)12-16(19)14-25-26-20(29)13-21-27-28-22(24)33-21/h2-6,11-12,14H,7-10,13H2,1H3,(H2,24,28)(H,26,29)/b25-14-. The Morgan fingerprint density at radius 2 is 1.97 bits per heavy atom. The van der Waals surface area contributed by atoms with Gasteiger partial charge < -0.3 is 19.9 Å². The summed E-state index contributed by atoms with van der Waals surface area (Å²) >= 11 is 4.59. The lowest BCUT2D eigenvalue weighted by molar-refractivity contribution is -0.120. The van der Waals surface area contributed by atoms with Crippen LogP contribution in [0.5, 0.6) is 11.5 Å². The summed E-state index contributed by atoms with van der Waals surface area (Å²) in [6.07, 6.45) is 1.57. The van der Waals surface area contributed by atoms with Gasteiger partial charge in [-0.2, -0.15) is 5.10 Å². The molecular formula is C22H24BrN5O4S. The number of nitrogens with zero attached hydrogens (tertiary/aromatic N) is 3. The molecular weight excluding hydrogens is 510 g/mol. The number of nitrogens with two attached hydrogens (primary N) is 1. The first-order valence-corrected chi connectivity index (χ1v) is 11.7. The van der Waals surface area contributed by atoms with Gasteiger partial charge in [0.15, 0.2) is 0 Å². The zero-order valence-electron chi connectivity index (χ0n) is 18.0. The van der Waals surface area contributed by atoms with Gasteiger partial charge in [-0.05, 0) is 42.8 Å². The van der Waals surface area contributed by atoms with E-state index >= 15 is 0 Å². The number of ether oxygens (including phenoxy) is 3. The third-order valence-corrected chi connectivity index (χ3v) is 5.38. The SMILES string of the molecule is Cc1cccc(OCCOCCOc2ccc(Br)cc2/C=N\NC(=O)Cc2nnc(N)s2)c1. The van der Waals surface area contributed by atoms with Crippen molar-refractivity contribution in [3.05, 3.63) is 63.1 Å². The number of nitrogens with one attached hydrogen (secondary N) is 1. The number of hydrogen-bond donors (Lipinski definition) is 2. The smallest absolute Gasteiger partial charge is 0.247 e. The van der Waals surface area contributed by atoms with Gasteiger partial charge >= 0.3 is 0 Å². The summed E-state index contributed by atoms with van der Waals surface area (Å²) in [6.45, 7) is 3.71. The number of carbonyl (C=O) groups excluding carboxylic acids is 1. The Morgan fingerprint density at radius 3 is 2.73 bits per heavy atom. The van der Waals surface area contributed by atoms with E-state index in [4.69, 9.17) is 19.9 Å². The molecule has 0 spiro atoms. The van der Waals surface area contributed by atoms with Gasteiger partial charge in [0, 0.05) is 10.0 Å². The van der Waals surface area contributed by atoms with Gasteiger partial charge in [0.05, 0.1) is 25.8 Å². The molecule has 0 aliphatic heterocycles. The van der Waals surface area contributed by atoms with Crippen molar-refractivity contribution >= 4 is 44.5 Å². The summed E-state index contributed by atoms with van der Waals surface area (Å²) in [5.74, 6) is 1.13. The number of hydrazone groups is 1. The predicted molar refractivity (Wildman–Crippen MR) is 131 cm³/mol. The molecule has 11 heteroatoms. The lowest BCUT2D eigenvalue weighted by Gasteiger charge is -2.11. The third-order valence-electron chi connectivity index (χ3n) is 4.13. The molecule has 3 rings (SSSR count). The topological polar surface area (TPSA) is 121 Å². The summed E-state index contributed by atoms with van der Waals surface area (Å²) in [5.41, 5.74) is 9.83. The van der Waals surface area contributed by atoms with Crippen molar-refractivity contribution in [2.24, 2.45) is 5.10 Å². The minimum absolute atomic E-state index is 0.0545. The Bertz CT molecular complexity index is 1090. The van der Waals surface area contributed by atoms with Crippen LogP contribution in [0.25, 0.3) is 0 Å². The van der Waals surface area contributed by atoms with Crippen LogP contribution in [0.4, 0.5) is 5.13 Å². The predicted octanol–water partition coefficient (Wildman–Crippen LogP) is 3.36. The molecule has 3 N–H and O–H groups in total. The van der Waals surface area contributed by atoms with Crippen molar-refractivity contribution < 1.29 is 19.0 Å². The molecule has 1 aromatic heterocycles. The second-order valence-corrected chi connectivity index (χ2v) is 8.82. The Balaban J connectivity index is 1.39. The van der Waals surface area contributed by atoms with Crippen LogP contribution in [0.1, 0.15) is 16.1 Å². The molecule has 9 nitrogen and oxygen atoms in total. The zero-order valence-corrected chi connectivity index (χ0v) is 20.4. The Kier molecular flexibility index (Phi) is 9.60. The van der Waals surface area contributed by atoms with E-state index in [2.05, 4.69) is 36.7 Å². The molecule has 1 heterocycles. The highest BCUT2D eigenvalue weighted by Crippen LogP contribution is 2.22. The molecule has 174 valence electrons. The number of hydrogen-bond acceptors (Lipinski definition) is 9. The molecule has 0 atom stereocenters. The molecule has 0 saturated heterocycles. The van der Waals surface area contributed by atoms with E-state index in [9.17, 15) is 4.79 Å². The third kappa shape index (κ3) is 8.79. The largest absolute Gasteiger partial charge is 0.491 e. The quantitative estimate of drug-likeness (QED) is 0.208. The van der Waals surface area contributed by atoms with Gasteiger partial charge in [-0.3, -0.25) is 4.79 Å². The van der Waals surface area contributed by atoms with Crippen molar-refractivity contribution in [3.63, 3.8) is 0 Å². The molecule has 1 amide bonds. The van der Waals surface area contributed by atoms with E-state index in [1.165, 1.54) is 6.21 Å². The zero-order chi connectivity index (χ0) is 23.5. The van der Waals surface area contributed by atoms with Crippen LogP contribution in [0.3, 0.4) is 0 Å². The minimum atomic E-state index is -0.318. The van der Waals surface area contributed by atoms with E-state index in [1.807, 2.05) is 49.4 Å². The molecule has 0 saturated carbocycles. The highest BCUT2D eigenvalue weighted by atomic mass is 79.9. The van der Waals surface area contributed by atoms with E-state index in [-0.39, 0.29) is 12.3 Å². The lowest BCUT2D eigenvalue weighted by atomic mass is 10.2. The van der Waals surface area contributed by atoms with Gasteiger partial charge in [0.1, 0.15) is 29.7 Å². The Hall–Kier alpha value is -3.02. The maximum atomic E-state index is 12.0. The van der Waals surface area contributed by atoms with Gasteiger partial charge in [0.25, 0.3) is 0 Å². The van der Waals surface area contributed by atoms with Crippen LogP contribution >= 0.6 is 27.3 Å². The number of aryl methyl sites for hydroxylation is 1. The molecule has 3 aromatic rings. The van der Waals surface area contributed by atoms with Crippen molar-refractivity contribution in [1.29, 1.82) is 0 Å². The molecule has 0 radical (unpaired) electrons. The molecule has 0 aliphatic rings. The first-order chi connectivity index (χ1) is 16.0. The summed E-state index contributed by atoms with van der Waals surface area (Å²) < 4.78 is 17.9. The highest BCUT2D eigenvalue weighted by Gasteiger charge is 2.08. The number of benzene rings is 2. The van der Waals surface area contributed by atoms with Crippen LogP contribution in [0, 0.1) is 6.92 Å². The van der Waals surface area contributed by atoms with E-state index in [1.54, 1.807) is 0 Å². The first kappa shape index (κ1) is 24.6.